The Hall–Kier alpha value is -3.68. The Morgan fingerprint density at radius 3 is 2.47 bits per heavy atom. The number of anilines is 1. The summed E-state index contributed by atoms with van der Waals surface area (Å²) >= 11 is 0. The number of hydrogen-bond donors (Lipinski definition) is 3. The van der Waals surface area contributed by atoms with E-state index in [0.29, 0.717) is 0 Å². The Labute approximate surface area is 174 Å². The summed E-state index contributed by atoms with van der Waals surface area (Å²) in [7, 11) is 0. The molecular formula is C22H25N5O3. The van der Waals surface area contributed by atoms with E-state index in [1.165, 1.54) is 12.4 Å². The number of aromatic nitrogens is 2. The van der Waals surface area contributed by atoms with Crippen LogP contribution in [0.4, 0.5) is 10.6 Å². The zero-order valence-electron chi connectivity index (χ0n) is 17.2. The number of hydrogen-bond acceptors (Lipinski definition) is 6. The average molecular weight is 407 g/mol. The molecule has 0 bridgehead atoms. The SMILES string of the molecule is CC(C)(C)OC(=O)NC[C@H](NC(=O)c1nccnc1N)c1ccc2ccccc2c1. The van der Waals surface area contributed by atoms with Crippen molar-refractivity contribution in [1.29, 1.82) is 0 Å². The molecule has 8 heteroatoms. The molecule has 0 aliphatic carbocycles. The number of amides is 2. The van der Waals surface area contributed by atoms with Gasteiger partial charge in [0, 0.05) is 18.9 Å². The van der Waals surface area contributed by atoms with E-state index in [9.17, 15) is 9.59 Å². The van der Waals surface area contributed by atoms with Gasteiger partial charge in [0.1, 0.15) is 5.60 Å². The van der Waals surface area contributed by atoms with Crippen molar-refractivity contribution in [3.8, 4) is 0 Å². The number of alkyl carbamates (subject to hydrolysis) is 1. The van der Waals surface area contributed by atoms with E-state index in [4.69, 9.17) is 10.5 Å². The summed E-state index contributed by atoms with van der Waals surface area (Å²) in [6, 6.07) is 13.2. The van der Waals surface area contributed by atoms with Crippen LogP contribution in [0.3, 0.4) is 0 Å². The van der Waals surface area contributed by atoms with Crippen LogP contribution >= 0.6 is 0 Å². The second kappa shape index (κ2) is 8.77. The highest BCUT2D eigenvalue weighted by atomic mass is 16.6. The number of carbonyl (C=O) groups is 2. The standard InChI is InChI=1S/C22H25N5O3/c1-22(2,3)30-21(29)26-13-17(27-20(28)18-19(23)25-11-10-24-18)16-9-8-14-6-4-5-7-15(14)12-16/h4-12,17H,13H2,1-3H3,(H2,23,25)(H,26,29)(H,27,28)/t17-/m0/s1. The fourth-order valence-corrected chi connectivity index (χ4v) is 2.93. The minimum absolute atomic E-state index is 0.0283. The summed E-state index contributed by atoms with van der Waals surface area (Å²) in [5.74, 6) is -0.447. The number of carbonyl (C=O) groups excluding carboxylic acids is 2. The summed E-state index contributed by atoms with van der Waals surface area (Å²) in [5.41, 5.74) is 6.00. The Morgan fingerprint density at radius 1 is 1.07 bits per heavy atom. The summed E-state index contributed by atoms with van der Waals surface area (Å²) in [5, 5.41) is 7.69. The van der Waals surface area contributed by atoms with E-state index in [-0.39, 0.29) is 18.1 Å². The molecule has 0 unspecified atom stereocenters. The van der Waals surface area contributed by atoms with Gasteiger partial charge in [0.2, 0.25) is 0 Å². The second-order valence-corrected chi connectivity index (χ2v) is 7.81. The largest absolute Gasteiger partial charge is 0.444 e. The number of nitrogens with two attached hydrogens (primary N) is 1. The molecule has 1 aromatic heterocycles. The Balaban J connectivity index is 1.84. The van der Waals surface area contributed by atoms with Crippen molar-refractivity contribution >= 4 is 28.6 Å². The van der Waals surface area contributed by atoms with Gasteiger partial charge >= 0.3 is 6.09 Å². The Morgan fingerprint density at radius 2 is 1.77 bits per heavy atom. The molecule has 0 aliphatic rings. The summed E-state index contributed by atoms with van der Waals surface area (Å²) in [4.78, 5) is 32.8. The van der Waals surface area contributed by atoms with Crippen molar-refractivity contribution < 1.29 is 14.3 Å². The van der Waals surface area contributed by atoms with E-state index in [1.807, 2.05) is 42.5 Å². The van der Waals surface area contributed by atoms with Gasteiger partial charge < -0.3 is 21.1 Å². The Kier molecular flexibility index (Phi) is 6.15. The minimum Gasteiger partial charge on any atom is -0.444 e. The van der Waals surface area contributed by atoms with Crippen molar-refractivity contribution in [3.63, 3.8) is 0 Å². The number of ether oxygens (including phenoxy) is 1. The molecule has 3 aromatic rings. The van der Waals surface area contributed by atoms with Crippen LogP contribution in [0.2, 0.25) is 0 Å². The highest BCUT2D eigenvalue weighted by Gasteiger charge is 2.22. The molecule has 8 nitrogen and oxygen atoms in total. The van der Waals surface area contributed by atoms with Gasteiger partial charge in [-0.15, -0.1) is 0 Å². The molecule has 156 valence electrons. The average Bonchev–Trinajstić information content (AvgIpc) is 2.69. The van der Waals surface area contributed by atoms with Gasteiger partial charge in [0.25, 0.3) is 5.91 Å². The maximum Gasteiger partial charge on any atom is 0.407 e. The third kappa shape index (κ3) is 5.44. The molecular weight excluding hydrogens is 382 g/mol. The van der Waals surface area contributed by atoms with E-state index in [1.54, 1.807) is 20.8 Å². The van der Waals surface area contributed by atoms with Crippen molar-refractivity contribution in [2.24, 2.45) is 0 Å². The fraction of sp³-hybridized carbons (Fsp3) is 0.273. The quantitative estimate of drug-likeness (QED) is 0.597. The van der Waals surface area contributed by atoms with Gasteiger partial charge in [0.05, 0.1) is 6.04 Å². The molecule has 3 rings (SSSR count). The smallest absolute Gasteiger partial charge is 0.407 e. The molecule has 1 heterocycles. The highest BCUT2D eigenvalue weighted by Crippen LogP contribution is 2.21. The monoisotopic (exact) mass is 407 g/mol. The van der Waals surface area contributed by atoms with Crippen LogP contribution in [0.1, 0.15) is 42.9 Å². The molecule has 2 amide bonds. The molecule has 0 fully saturated rings. The van der Waals surface area contributed by atoms with Gasteiger partial charge in [-0.3, -0.25) is 4.79 Å². The van der Waals surface area contributed by atoms with Crippen LogP contribution in [0.25, 0.3) is 10.8 Å². The number of nitrogens with zero attached hydrogens (tertiary/aromatic N) is 2. The topological polar surface area (TPSA) is 119 Å². The second-order valence-electron chi connectivity index (χ2n) is 7.81. The van der Waals surface area contributed by atoms with Gasteiger partial charge in [-0.05, 0) is 43.2 Å². The molecule has 1 atom stereocenters. The van der Waals surface area contributed by atoms with E-state index in [2.05, 4.69) is 20.6 Å². The van der Waals surface area contributed by atoms with Gasteiger partial charge in [-0.2, -0.15) is 0 Å². The lowest BCUT2D eigenvalue weighted by Crippen LogP contribution is -2.40. The van der Waals surface area contributed by atoms with Crippen LogP contribution in [0.5, 0.6) is 0 Å². The minimum atomic E-state index is -0.625. The van der Waals surface area contributed by atoms with E-state index >= 15 is 0 Å². The van der Waals surface area contributed by atoms with Crippen molar-refractivity contribution in [1.82, 2.24) is 20.6 Å². The molecule has 30 heavy (non-hydrogen) atoms. The summed E-state index contributed by atoms with van der Waals surface area (Å²) < 4.78 is 5.30. The van der Waals surface area contributed by atoms with Crippen LogP contribution < -0.4 is 16.4 Å². The number of fused-ring (bicyclic) bond motifs is 1. The van der Waals surface area contributed by atoms with Crippen LogP contribution in [0, 0.1) is 0 Å². The number of nitrogens with one attached hydrogen (secondary N) is 2. The number of rotatable bonds is 5. The molecule has 0 aliphatic heterocycles. The molecule has 4 N–H and O–H groups in total. The zero-order valence-corrected chi connectivity index (χ0v) is 17.2. The molecule has 0 saturated heterocycles. The van der Waals surface area contributed by atoms with Crippen LogP contribution in [-0.4, -0.2) is 34.1 Å². The van der Waals surface area contributed by atoms with Crippen LogP contribution in [0.15, 0.2) is 54.9 Å². The van der Waals surface area contributed by atoms with Crippen molar-refractivity contribution in [2.45, 2.75) is 32.4 Å². The summed E-state index contributed by atoms with van der Waals surface area (Å²) in [6.45, 7) is 5.48. The summed E-state index contributed by atoms with van der Waals surface area (Å²) in [6.07, 6.45) is 2.24. The van der Waals surface area contributed by atoms with Crippen molar-refractivity contribution in [3.05, 3.63) is 66.1 Å². The first-order valence-corrected chi connectivity index (χ1v) is 9.56. The normalized spacial score (nSPS) is 12.2. The lowest BCUT2D eigenvalue weighted by molar-refractivity contribution is 0.0520. The predicted octanol–water partition coefficient (Wildman–Crippen LogP) is 3.21. The molecule has 2 aromatic carbocycles. The molecule has 0 saturated carbocycles. The first kappa shape index (κ1) is 21.0. The predicted molar refractivity (Wildman–Crippen MR) is 115 cm³/mol. The maximum absolute atomic E-state index is 12.7. The first-order valence-electron chi connectivity index (χ1n) is 9.56. The molecule has 0 spiro atoms. The lowest BCUT2D eigenvalue weighted by Gasteiger charge is -2.23. The Bertz CT molecular complexity index is 1060. The fourth-order valence-electron chi connectivity index (χ4n) is 2.93. The number of nitrogen functional groups attached to an aromatic ring is 1. The van der Waals surface area contributed by atoms with Crippen molar-refractivity contribution in [2.75, 3.05) is 12.3 Å². The third-order valence-electron chi connectivity index (χ3n) is 4.27. The van der Waals surface area contributed by atoms with E-state index in [0.717, 1.165) is 16.3 Å². The van der Waals surface area contributed by atoms with Gasteiger partial charge in [-0.25, -0.2) is 14.8 Å². The van der Waals surface area contributed by atoms with E-state index < -0.39 is 23.6 Å². The van der Waals surface area contributed by atoms with Crippen LogP contribution in [-0.2, 0) is 4.74 Å². The first-order chi connectivity index (χ1) is 14.2. The maximum atomic E-state index is 12.7. The number of benzene rings is 2. The lowest BCUT2D eigenvalue weighted by atomic mass is 10.0. The van der Waals surface area contributed by atoms with Gasteiger partial charge in [0.15, 0.2) is 11.5 Å². The third-order valence-corrected chi connectivity index (χ3v) is 4.27. The molecule has 0 radical (unpaired) electrons. The zero-order chi connectivity index (χ0) is 21.7. The highest BCUT2D eigenvalue weighted by molar-refractivity contribution is 5.96. The van der Waals surface area contributed by atoms with Gasteiger partial charge in [-0.1, -0.05) is 36.4 Å².